The third-order valence-electron chi connectivity index (χ3n) is 4.23. The summed E-state index contributed by atoms with van der Waals surface area (Å²) in [6, 6.07) is 8.17. The third-order valence-corrected chi connectivity index (χ3v) is 5.39. The molecule has 104 valence electrons. The molecule has 0 spiro atoms. The maximum absolute atomic E-state index is 11.8. The van der Waals surface area contributed by atoms with Crippen LogP contribution >= 0.6 is 0 Å². The van der Waals surface area contributed by atoms with Crippen molar-refractivity contribution in [3.05, 3.63) is 24.3 Å². The summed E-state index contributed by atoms with van der Waals surface area (Å²) in [4.78, 5) is 2.92. The van der Waals surface area contributed by atoms with Gasteiger partial charge in [0.25, 0.3) is 0 Å². The molecule has 2 aliphatic heterocycles. The molecule has 0 aromatic heterocycles. The summed E-state index contributed by atoms with van der Waals surface area (Å²) in [5.74, 6) is 0. The number of benzene rings is 1. The summed E-state index contributed by atoms with van der Waals surface area (Å²) < 4.78 is 23.6. The van der Waals surface area contributed by atoms with E-state index in [-0.39, 0.29) is 0 Å². The molecule has 19 heavy (non-hydrogen) atoms. The van der Waals surface area contributed by atoms with Gasteiger partial charge in [-0.2, -0.15) is 0 Å². The predicted octanol–water partition coefficient (Wildman–Crippen LogP) is 1.74. The molecule has 0 aliphatic carbocycles. The Labute approximate surface area is 114 Å². The van der Waals surface area contributed by atoms with Crippen LogP contribution in [0.15, 0.2) is 29.2 Å². The number of nitrogens with one attached hydrogen (secondary N) is 1. The van der Waals surface area contributed by atoms with Gasteiger partial charge in [0.05, 0.1) is 10.6 Å². The van der Waals surface area contributed by atoms with Crippen LogP contribution in [0.3, 0.4) is 0 Å². The molecule has 4 nitrogen and oxygen atoms in total. The molecule has 2 atom stereocenters. The van der Waals surface area contributed by atoms with Crippen LogP contribution < -0.4 is 5.32 Å². The molecule has 2 fully saturated rings. The van der Waals surface area contributed by atoms with Crippen molar-refractivity contribution in [2.24, 2.45) is 0 Å². The summed E-state index contributed by atoms with van der Waals surface area (Å²) in [6.07, 6.45) is 4.85. The molecule has 0 saturated carbocycles. The van der Waals surface area contributed by atoms with Gasteiger partial charge in [-0.1, -0.05) is 12.1 Å². The smallest absolute Gasteiger partial charge is 0.177 e. The SMILES string of the molecule is CS(=O)(=O)c1ccccc1NC1CCN2CCCC12. The van der Waals surface area contributed by atoms with E-state index in [9.17, 15) is 8.42 Å². The molecule has 1 N–H and O–H groups in total. The molecule has 2 aliphatic rings. The van der Waals surface area contributed by atoms with Gasteiger partial charge in [0.2, 0.25) is 0 Å². The first-order valence-electron chi connectivity index (χ1n) is 6.85. The number of para-hydroxylation sites is 1. The second-order valence-corrected chi connectivity index (χ2v) is 7.54. The number of nitrogens with zero attached hydrogens (tertiary/aromatic N) is 1. The van der Waals surface area contributed by atoms with Gasteiger partial charge in [-0.25, -0.2) is 8.42 Å². The molecule has 0 amide bonds. The molecular weight excluding hydrogens is 260 g/mol. The molecule has 0 bridgehead atoms. The molecule has 2 heterocycles. The zero-order chi connectivity index (χ0) is 13.5. The lowest BCUT2D eigenvalue weighted by Gasteiger charge is -2.23. The van der Waals surface area contributed by atoms with Crippen LogP contribution in [0.5, 0.6) is 0 Å². The van der Waals surface area contributed by atoms with E-state index >= 15 is 0 Å². The first kappa shape index (κ1) is 12.9. The fourth-order valence-electron chi connectivity index (χ4n) is 3.36. The van der Waals surface area contributed by atoms with Crippen LogP contribution in [-0.4, -0.2) is 44.7 Å². The van der Waals surface area contributed by atoms with E-state index in [1.807, 2.05) is 12.1 Å². The van der Waals surface area contributed by atoms with Crippen LogP contribution in [0.4, 0.5) is 5.69 Å². The second kappa shape index (κ2) is 4.80. The van der Waals surface area contributed by atoms with Gasteiger partial charge in [0.1, 0.15) is 0 Å². The van der Waals surface area contributed by atoms with E-state index in [1.54, 1.807) is 12.1 Å². The number of anilines is 1. The number of hydrogen-bond acceptors (Lipinski definition) is 4. The van der Waals surface area contributed by atoms with Crippen LogP contribution in [0.2, 0.25) is 0 Å². The lowest BCUT2D eigenvalue weighted by molar-refractivity contribution is 0.318. The van der Waals surface area contributed by atoms with E-state index in [0.717, 1.165) is 18.7 Å². The first-order chi connectivity index (χ1) is 9.05. The number of hydrogen-bond donors (Lipinski definition) is 1. The molecule has 1 aromatic carbocycles. The third kappa shape index (κ3) is 2.49. The predicted molar refractivity (Wildman–Crippen MR) is 76.2 cm³/mol. The van der Waals surface area contributed by atoms with E-state index < -0.39 is 9.84 Å². The van der Waals surface area contributed by atoms with E-state index in [2.05, 4.69) is 10.2 Å². The van der Waals surface area contributed by atoms with Crippen molar-refractivity contribution < 1.29 is 8.42 Å². The summed E-state index contributed by atoms with van der Waals surface area (Å²) in [5.41, 5.74) is 0.753. The highest BCUT2D eigenvalue weighted by Gasteiger charge is 2.37. The fourth-order valence-corrected chi connectivity index (χ4v) is 4.21. The molecule has 5 heteroatoms. The van der Waals surface area contributed by atoms with E-state index in [1.165, 1.54) is 25.6 Å². The zero-order valence-corrected chi connectivity index (χ0v) is 12.0. The van der Waals surface area contributed by atoms with Crippen molar-refractivity contribution in [3.8, 4) is 0 Å². The van der Waals surface area contributed by atoms with Crippen molar-refractivity contribution >= 4 is 15.5 Å². The summed E-state index contributed by atoms with van der Waals surface area (Å²) in [5, 5.41) is 3.47. The standard InChI is InChI=1S/C14H20N2O2S/c1-19(17,18)14-7-3-2-5-12(14)15-11-8-10-16-9-4-6-13(11)16/h2-3,5,7,11,13,15H,4,6,8-10H2,1H3. The number of fused-ring (bicyclic) bond motifs is 1. The Hall–Kier alpha value is -1.07. The van der Waals surface area contributed by atoms with Gasteiger partial charge in [0.15, 0.2) is 9.84 Å². The zero-order valence-electron chi connectivity index (χ0n) is 11.2. The number of rotatable bonds is 3. The molecule has 1 aromatic rings. The Morgan fingerprint density at radius 2 is 2.00 bits per heavy atom. The maximum Gasteiger partial charge on any atom is 0.177 e. The minimum absolute atomic E-state index is 0.380. The van der Waals surface area contributed by atoms with Crippen LogP contribution in [0.25, 0.3) is 0 Å². The first-order valence-corrected chi connectivity index (χ1v) is 8.74. The Morgan fingerprint density at radius 3 is 2.79 bits per heavy atom. The molecular formula is C14H20N2O2S. The fraction of sp³-hybridized carbons (Fsp3) is 0.571. The Bertz CT molecular complexity index is 571. The maximum atomic E-state index is 11.8. The van der Waals surface area contributed by atoms with Crippen molar-refractivity contribution in [3.63, 3.8) is 0 Å². The van der Waals surface area contributed by atoms with Crippen LogP contribution in [0.1, 0.15) is 19.3 Å². The molecule has 2 saturated heterocycles. The highest BCUT2D eigenvalue weighted by atomic mass is 32.2. The van der Waals surface area contributed by atoms with Gasteiger partial charge in [-0.3, -0.25) is 4.90 Å². The van der Waals surface area contributed by atoms with Crippen molar-refractivity contribution in [1.29, 1.82) is 0 Å². The minimum atomic E-state index is -3.17. The number of sulfone groups is 1. The van der Waals surface area contributed by atoms with Crippen molar-refractivity contribution in [2.45, 2.75) is 36.2 Å². The highest BCUT2D eigenvalue weighted by Crippen LogP contribution is 2.31. The molecule has 2 unspecified atom stereocenters. The summed E-state index contributed by atoms with van der Waals surface area (Å²) >= 11 is 0. The Kier molecular flexibility index (Phi) is 3.27. The minimum Gasteiger partial charge on any atom is -0.380 e. The second-order valence-electron chi connectivity index (χ2n) is 5.55. The molecule has 3 rings (SSSR count). The van der Waals surface area contributed by atoms with Crippen molar-refractivity contribution in [2.75, 3.05) is 24.7 Å². The average Bonchev–Trinajstić information content (AvgIpc) is 2.93. The van der Waals surface area contributed by atoms with Gasteiger partial charge < -0.3 is 5.32 Å². The Balaban J connectivity index is 1.84. The van der Waals surface area contributed by atoms with E-state index in [4.69, 9.17) is 0 Å². The lowest BCUT2D eigenvalue weighted by Crippen LogP contribution is -2.34. The summed E-state index contributed by atoms with van der Waals surface area (Å²) in [6.45, 7) is 2.32. The van der Waals surface area contributed by atoms with E-state index in [0.29, 0.717) is 17.0 Å². The topological polar surface area (TPSA) is 49.4 Å². The Morgan fingerprint density at radius 1 is 1.21 bits per heavy atom. The lowest BCUT2D eigenvalue weighted by atomic mass is 10.1. The van der Waals surface area contributed by atoms with Crippen LogP contribution in [0, 0.1) is 0 Å². The van der Waals surface area contributed by atoms with Gasteiger partial charge in [-0.05, 0) is 37.9 Å². The average molecular weight is 280 g/mol. The van der Waals surface area contributed by atoms with Gasteiger partial charge >= 0.3 is 0 Å². The van der Waals surface area contributed by atoms with Crippen molar-refractivity contribution in [1.82, 2.24) is 4.90 Å². The largest absolute Gasteiger partial charge is 0.380 e. The highest BCUT2D eigenvalue weighted by molar-refractivity contribution is 7.90. The van der Waals surface area contributed by atoms with Crippen LogP contribution in [-0.2, 0) is 9.84 Å². The van der Waals surface area contributed by atoms with Gasteiger partial charge in [-0.15, -0.1) is 0 Å². The molecule has 0 radical (unpaired) electrons. The quantitative estimate of drug-likeness (QED) is 0.916. The normalized spacial score (nSPS) is 27.4. The monoisotopic (exact) mass is 280 g/mol. The van der Waals surface area contributed by atoms with Gasteiger partial charge in [0, 0.05) is 24.9 Å². The summed E-state index contributed by atoms with van der Waals surface area (Å²) in [7, 11) is -3.17.